The van der Waals surface area contributed by atoms with Crippen LogP contribution in [0.5, 0.6) is 0 Å². The van der Waals surface area contributed by atoms with Crippen LogP contribution in [0.3, 0.4) is 0 Å². The molecule has 1 atom stereocenters. The van der Waals surface area contributed by atoms with Gasteiger partial charge in [-0.05, 0) is 37.0 Å². The highest BCUT2D eigenvalue weighted by Crippen LogP contribution is 2.32. The molecule has 0 bridgehead atoms. The molecular formula is C12H15Cl2N3O. The molecule has 0 aromatic heterocycles. The van der Waals surface area contributed by atoms with Crippen LogP contribution in [0.1, 0.15) is 12.8 Å². The van der Waals surface area contributed by atoms with Crippen molar-refractivity contribution in [3.63, 3.8) is 0 Å². The summed E-state index contributed by atoms with van der Waals surface area (Å²) in [5.41, 5.74) is 6.19. The fraction of sp³-hybridized carbons (Fsp3) is 0.417. The molecule has 4 N–H and O–H groups in total. The summed E-state index contributed by atoms with van der Waals surface area (Å²) in [5.74, 6) is 0.517. The molecule has 6 heteroatoms. The molecule has 0 heterocycles. The monoisotopic (exact) mass is 287 g/mol. The second-order valence-corrected chi connectivity index (χ2v) is 5.31. The lowest BCUT2D eigenvalue weighted by atomic mass is 10.2. The third-order valence-electron chi connectivity index (χ3n) is 2.88. The molecule has 4 nitrogen and oxygen atoms in total. The number of amides is 2. The van der Waals surface area contributed by atoms with Gasteiger partial charge in [0.05, 0.1) is 0 Å². The summed E-state index contributed by atoms with van der Waals surface area (Å²) in [5, 5.41) is 6.51. The van der Waals surface area contributed by atoms with Crippen molar-refractivity contribution in [1.29, 1.82) is 0 Å². The second kappa shape index (κ2) is 5.78. The Morgan fingerprint density at radius 2 is 1.94 bits per heavy atom. The van der Waals surface area contributed by atoms with Crippen molar-refractivity contribution in [2.75, 3.05) is 11.9 Å². The number of rotatable bonds is 4. The Bertz CT molecular complexity index is 429. The number of halogens is 2. The topological polar surface area (TPSA) is 67.1 Å². The van der Waals surface area contributed by atoms with Gasteiger partial charge in [-0.25, -0.2) is 4.79 Å². The maximum absolute atomic E-state index is 11.8. The molecule has 2 amide bonds. The number of nitrogens with one attached hydrogen (secondary N) is 2. The minimum atomic E-state index is -0.282. The average Bonchev–Trinajstić information content (AvgIpc) is 3.08. The molecule has 1 aromatic carbocycles. The van der Waals surface area contributed by atoms with Gasteiger partial charge in [0, 0.05) is 28.3 Å². The van der Waals surface area contributed by atoms with Crippen molar-refractivity contribution in [2.45, 2.75) is 18.9 Å². The summed E-state index contributed by atoms with van der Waals surface area (Å²) in [6, 6.07) is 4.65. The number of benzene rings is 1. The van der Waals surface area contributed by atoms with Gasteiger partial charge < -0.3 is 16.4 Å². The van der Waals surface area contributed by atoms with Gasteiger partial charge in [-0.15, -0.1) is 0 Å². The molecule has 98 valence electrons. The van der Waals surface area contributed by atoms with Gasteiger partial charge in [0.15, 0.2) is 0 Å². The minimum absolute atomic E-state index is 0.0413. The Labute approximate surface area is 116 Å². The Kier molecular flexibility index (Phi) is 4.32. The lowest BCUT2D eigenvalue weighted by molar-refractivity contribution is 0.247. The van der Waals surface area contributed by atoms with Gasteiger partial charge in [-0.1, -0.05) is 23.2 Å². The van der Waals surface area contributed by atoms with Gasteiger partial charge in [-0.3, -0.25) is 0 Å². The highest BCUT2D eigenvalue weighted by Gasteiger charge is 2.31. The van der Waals surface area contributed by atoms with E-state index in [4.69, 9.17) is 28.9 Å². The predicted molar refractivity (Wildman–Crippen MR) is 74.2 cm³/mol. The van der Waals surface area contributed by atoms with E-state index in [9.17, 15) is 4.79 Å². The van der Waals surface area contributed by atoms with E-state index in [1.807, 2.05) is 0 Å². The van der Waals surface area contributed by atoms with Gasteiger partial charge in [-0.2, -0.15) is 0 Å². The van der Waals surface area contributed by atoms with Gasteiger partial charge in [0.2, 0.25) is 0 Å². The van der Waals surface area contributed by atoms with Crippen LogP contribution in [0.4, 0.5) is 10.5 Å². The van der Waals surface area contributed by atoms with Crippen LogP contribution in [0.25, 0.3) is 0 Å². The predicted octanol–water partition coefficient (Wildman–Crippen LogP) is 2.85. The Balaban J connectivity index is 1.93. The Hall–Kier alpha value is -0.970. The molecule has 0 radical (unpaired) electrons. The summed E-state index contributed by atoms with van der Waals surface area (Å²) >= 11 is 11.7. The van der Waals surface area contributed by atoms with Crippen LogP contribution in [0.15, 0.2) is 18.2 Å². The number of hydrogen-bond acceptors (Lipinski definition) is 2. The minimum Gasteiger partial charge on any atom is -0.334 e. The number of anilines is 1. The SMILES string of the molecule is NCC(NC(=O)Nc1cc(Cl)cc(Cl)c1)C1CC1. The molecule has 18 heavy (non-hydrogen) atoms. The Morgan fingerprint density at radius 3 is 2.44 bits per heavy atom. The second-order valence-electron chi connectivity index (χ2n) is 4.44. The number of hydrogen-bond donors (Lipinski definition) is 3. The molecule has 1 aliphatic rings. The largest absolute Gasteiger partial charge is 0.334 e. The van der Waals surface area contributed by atoms with Gasteiger partial charge in [0.25, 0.3) is 0 Å². The van der Waals surface area contributed by atoms with E-state index < -0.39 is 0 Å². The first-order valence-electron chi connectivity index (χ1n) is 5.82. The van der Waals surface area contributed by atoms with Crippen molar-refractivity contribution < 1.29 is 4.79 Å². The van der Waals surface area contributed by atoms with Crippen molar-refractivity contribution >= 4 is 34.9 Å². The highest BCUT2D eigenvalue weighted by molar-refractivity contribution is 6.35. The van der Waals surface area contributed by atoms with Crippen molar-refractivity contribution in [3.05, 3.63) is 28.2 Å². The molecule has 0 saturated heterocycles. The van der Waals surface area contributed by atoms with Crippen LogP contribution in [0, 0.1) is 5.92 Å². The van der Waals surface area contributed by atoms with Crippen LogP contribution < -0.4 is 16.4 Å². The lowest BCUT2D eigenvalue weighted by Gasteiger charge is -2.16. The first-order valence-corrected chi connectivity index (χ1v) is 6.58. The highest BCUT2D eigenvalue weighted by atomic mass is 35.5. The lowest BCUT2D eigenvalue weighted by Crippen LogP contribution is -2.43. The van der Waals surface area contributed by atoms with Crippen LogP contribution in [0.2, 0.25) is 10.0 Å². The number of carbonyl (C=O) groups excluding carboxylic acids is 1. The van der Waals surface area contributed by atoms with Crippen LogP contribution in [-0.2, 0) is 0 Å². The third kappa shape index (κ3) is 3.77. The molecule has 1 aliphatic carbocycles. The standard InChI is InChI=1S/C12H15Cl2N3O/c13-8-3-9(14)5-10(4-8)16-12(18)17-11(6-15)7-1-2-7/h3-5,7,11H,1-2,6,15H2,(H2,16,17,18). The maximum Gasteiger partial charge on any atom is 0.319 e. The summed E-state index contributed by atoms with van der Waals surface area (Å²) in [4.78, 5) is 11.8. The first kappa shape index (κ1) is 13.5. The smallest absolute Gasteiger partial charge is 0.319 e. The van der Waals surface area contributed by atoms with E-state index in [0.29, 0.717) is 28.2 Å². The number of carbonyl (C=O) groups is 1. The summed E-state index contributed by atoms with van der Waals surface area (Å²) in [7, 11) is 0. The zero-order valence-corrected chi connectivity index (χ0v) is 11.3. The molecule has 1 saturated carbocycles. The molecule has 2 rings (SSSR count). The van der Waals surface area contributed by atoms with Crippen molar-refractivity contribution in [1.82, 2.24) is 5.32 Å². The normalized spacial score (nSPS) is 16.2. The van der Waals surface area contributed by atoms with E-state index in [2.05, 4.69) is 10.6 Å². The van der Waals surface area contributed by atoms with Gasteiger partial charge >= 0.3 is 6.03 Å². The zero-order valence-electron chi connectivity index (χ0n) is 9.75. The quantitative estimate of drug-likeness (QED) is 0.797. The number of urea groups is 1. The molecule has 0 aliphatic heterocycles. The maximum atomic E-state index is 11.8. The molecule has 1 unspecified atom stereocenters. The summed E-state index contributed by atoms with van der Waals surface area (Å²) in [6.07, 6.45) is 2.26. The van der Waals surface area contributed by atoms with E-state index in [0.717, 1.165) is 12.8 Å². The summed E-state index contributed by atoms with van der Waals surface area (Å²) < 4.78 is 0. The average molecular weight is 288 g/mol. The third-order valence-corrected chi connectivity index (χ3v) is 3.32. The zero-order chi connectivity index (χ0) is 13.1. The van der Waals surface area contributed by atoms with E-state index >= 15 is 0 Å². The number of nitrogens with two attached hydrogens (primary N) is 1. The van der Waals surface area contributed by atoms with Gasteiger partial charge in [0.1, 0.15) is 0 Å². The Morgan fingerprint density at radius 1 is 1.33 bits per heavy atom. The fourth-order valence-electron chi connectivity index (χ4n) is 1.83. The molecule has 0 spiro atoms. The molecule has 1 aromatic rings. The molecule has 1 fully saturated rings. The van der Waals surface area contributed by atoms with Crippen molar-refractivity contribution in [2.24, 2.45) is 11.7 Å². The van der Waals surface area contributed by atoms with Crippen LogP contribution >= 0.6 is 23.2 Å². The van der Waals surface area contributed by atoms with Crippen molar-refractivity contribution in [3.8, 4) is 0 Å². The van der Waals surface area contributed by atoms with E-state index in [-0.39, 0.29) is 12.1 Å². The summed E-state index contributed by atoms with van der Waals surface area (Å²) in [6.45, 7) is 0.453. The first-order chi connectivity index (χ1) is 8.58. The fourth-order valence-corrected chi connectivity index (χ4v) is 2.36. The van der Waals surface area contributed by atoms with Crippen LogP contribution in [-0.4, -0.2) is 18.6 Å². The van der Waals surface area contributed by atoms with E-state index in [1.165, 1.54) is 0 Å². The molecular weight excluding hydrogens is 273 g/mol. The van der Waals surface area contributed by atoms with E-state index in [1.54, 1.807) is 18.2 Å².